The molecule has 0 fully saturated rings. The van der Waals surface area contributed by atoms with Crippen molar-refractivity contribution in [2.24, 2.45) is 0 Å². The molecular formula is C16H17N3O5. The number of nitrogens with zero attached hydrogens (tertiary/aromatic N) is 1. The van der Waals surface area contributed by atoms with E-state index in [-0.39, 0.29) is 19.0 Å². The smallest absolute Gasteiger partial charge is 0.337 e. The third kappa shape index (κ3) is 4.19. The van der Waals surface area contributed by atoms with Gasteiger partial charge >= 0.3 is 11.7 Å². The molecule has 2 N–H and O–H groups in total. The number of esters is 1. The van der Waals surface area contributed by atoms with Gasteiger partial charge in [0.2, 0.25) is 5.91 Å². The van der Waals surface area contributed by atoms with E-state index in [1.165, 1.54) is 13.3 Å². The summed E-state index contributed by atoms with van der Waals surface area (Å²) in [6, 6.07) is 6.60. The highest BCUT2D eigenvalue weighted by molar-refractivity contribution is 5.89. The van der Waals surface area contributed by atoms with E-state index in [1.54, 1.807) is 31.2 Å². The molecule has 0 unspecified atom stereocenters. The molecular weight excluding hydrogens is 314 g/mol. The molecule has 0 spiro atoms. The number of amides is 1. The summed E-state index contributed by atoms with van der Waals surface area (Å²) < 4.78 is 5.74. The molecule has 126 valence electrons. The number of H-pyrrole nitrogens is 1. The zero-order valence-corrected chi connectivity index (χ0v) is 13.3. The Balaban J connectivity index is 1.96. The van der Waals surface area contributed by atoms with Crippen LogP contribution in [0.5, 0.6) is 0 Å². The second kappa shape index (κ2) is 7.40. The highest BCUT2D eigenvalue weighted by atomic mass is 16.5. The van der Waals surface area contributed by atoms with Crippen molar-refractivity contribution in [3.8, 4) is 0 Å². The number of carbonyl (C=O) groups excluding carboxylic acids is 2. The minimum Gasteiger partial charge on any atom is -0.465 e. The Morgan fingerprint density at radius 2 is 1.88 bits per heavy atom. The molecule has 1 aromatic heterocycles. The number of benzene rings is 1. The van der Waals surface area contributed by atoms with Crippen molar-refractivity contribution >= 4 is 11.9 Å². The first kappa shape index (κ1) is 17.2. The molecule has 24 heavy (non-hydrogen) atoms. The van der Waals surface area contributed by atoms with Crippen LogP contribution in [0.15, 0.2) is 40.1 Å². The number of aromatic amines is 1. The van der Waals surface area contributed by atoms with Crippen molar-refractivity contribution in [1.82, 2.24) is 14.9 Å². The number of hydrogen-bond acceptors (Lipinski definition) is 5. The van der Waals surface area contributed by atoms with Gasteiger partial charge in [-0.2, -0.15) is 0 Å². The Kier molecular flexibility index (Phi) is 5.31. The van der Waals surface area contributed by atoms with Gasteiger partial charge in [0.15, 0.2) is 0 Å². The topological polar surface area (TPSA) is 110 Å². The number of aromatic nitrogens is 2. The second-order valence-electron chi connectivity index (χ2n) is 5.16. The van der Waals surface area contributed by atoms with Gasteiger partial charge in [-0.25, -0.2) is 9.59 Å². The van der Waals surface area contributed by atoms with E-state index < -0.39 is 17.2 Å². The van der Waals surface area contributed by atoms with E-state index in [0.29, 0.717) is 11.1 Å². The third-order valence-corrected chi connectivity index (χ3v) is 3.37. The number of carbonyl (C=O) groups is 2. The molecule has 1 heterocycles. The SMILES string of the molecule is COC(=O)c1ccc(CNC(=O)Cn2cc(C)c(=O)[nH]c2=O)cc1. The summed E-state index contributed by atoms with van der Waals surface area (Å²) in [7, 11) is 1.30. The average molecular weight is 331 g/mol. The lowest BCUT2D eigenvalue weighted by atomic mass is 10.1. The summed E-state index contributed by atoms with van der Waals surface area (Å²) in [5.74, 6) is -0.806. The lowest BCUT2D eigenvalue weighted by Gasteiger charge is -2.08. The Morgan fingerprint density at radius 1 is 1.21 bits per heavy atom. The van der Waals surface area contributed by atoms with Crippen molar-refractivity contribution in [1.29, 1.82) is 0 Å². The standard InChI is InChI=1S/C16H17N3O5/c1-10-8-19(16(23)18-14(10)21)9-13(20)17-7-11-3-5-12(6-4-11)15(22)24-2/h3-6,8H,7,9H2,1-2H3,(H,17,20)(H,18,21,23). The quantitative estimate of drug-likeness (QED) is 0.746. The van der Waals surface area contributed by atoms with Gasteiger partial charge in [-0.15, -0.1) is 0 Å². The van der Waals surface area contributed by atoms with Crippen molar-refractivity contribution in [3.05, 3.63) is 68.0 Å². The molecule has 0 atom stereocenters. The number of hydrogen-bond donors (Lipinski definition) is 2. The van der Waals surface area contributed by atoms with Gasteiger partial charge in [0, 0.05) is 18.3 Å². The van der Waals surface area contributed by atoms with Gasteiger partial charge in [-0.05, 0) is 24.6 Å². The summed E-state index contributed by atoms with van der Waals surface area (Å²) in [6.07, 6.45) is 1.34. The first-order valence-corrected chi connectivity index (χ1v) is 7.15. The van der Waals surface area contributed by atoms with Crippen LogP contribution in [-0.4, -0.2) is 28.5 Å². The molecule has 1 aromatic carbocycles. The van der Waals surface area contributed by atoms with Crippen molar-refractivity contribution in [2.75, 3.05) is 7.11 Å². The van der Waals surface area contributed by atoms with Crippen LogP contribution in [0.25, 0.3) is 0 Å². The third-order valence-electron chi connectivity index (χ3n) is 3.37. The molecule has 1 amide bonds. The zero-order valence-electron chi connectivity index (χ0n) is 13.3. The second-order valence-corrected chi connectivity index (χ2v) is 5.16. The fourth-order valence-electron chi connectivity index (χ4n) is 2.02. The van der Waals surface area contributed by atoms with Crippen molar-refractivity contribution in [3.63, 3.8) is 0 Å². The summed E-state index contributed by atoms with van der Waals surface area (Å²) >= 11 is 0. The van der Waals surface area contributed by atoms with E-state index >= 15 is 0 Å². The zero-order chi connectivity index (χ0) is 17.7. The first-order valence-electron chi connectivity index (χ1n) is 7.15. The highest BCUT2D eigenvalue weighted by Gasteiger charge is 2.08. The maximum absolute atomic E-state index is 11.9. The predicted octanol–water partition coefficient (Wildman–Crippen LogP) is -0.0520. The van der Waals surface area contributed by atoms with Gasteiger partial charge in [-0.1, -0.05) is 12.1 Å². The Bertz CT molecular complexity index is 865. The van der Waals surface area contributed by atoms with Gasteiger partial charge in [0.05, 0.1) is 12.7 Å². The van der Waals surface area contributed by atoms with Crippen LogP contribution in [0, 0.1) is 6.92 Å². The minimum absolute atomic E-state index is 0.198. The number of aryl methyl sites for hydroxylation is 1. The lowest BCUT2D eigenvalue weighted by Crippen LogP contribution is -2.36. The first-order chi connectivity index (χ1) is 11.4. The molecule has 2 rings (SSSR count). The summed E-state index contributed by atoms with van der Waals surface area (Å²) in [5, 5.41) is 2.66. The molecule has 8 heteroatoms. The number of nitrogens with one attached hydrogen (secondary N) is 2. The van der Waals surface area contributed by atoms with Gasteiger partial charge < -0.3 is 10.1 Å². The molecule has 0 aliphatic rings. The summed E-state index contributed by atoms with van der Waals surface area (Å²) in [4.78, 5) is 48.3. The Labute approximate surface area is 137 Å². The van der Waals surface area contributed by atoms with Crippen LogP contribution in [0.4, 0.5) is 0 Å². The van der Waals surface area contributed by atoms with Crippen molar-refractivity contribution < 1.29 is 14.3 Å². The maximum Gasteiger partial charge on any atom is 0.337 e. The van der Waals surface area contributed by atoms with E-state index in [9.17, 15) is 19.2 Å². The number of methoxy groups -OCH3 is 1. The lowest BCUT2D eigenvalue weighted by molar-refractivity contribution is -0.121. The molecule has 0 saturated carbocycles. The van der Waals surface area contributed by atoms with Gasteiger partial charge in [-0.3, -0.25) is 19.1 Å². The predicted molar refractivity (Wildman–Crippen MR) is 85.7 cm³/mol. The van der Waals surface area contributed by atoms with E-state index in [4.69, 9.17) is 0 Å². The minimum atomic E-state index is -0.636. The van der Waals surface area contributed by atoms with Gasteiger partial charge in [0.1, 0.15) is 6.54 Å². The van der Waals surface area contributed by atoms with E-state index in [2.05, 4.69) is 15.0 Å². The summed E-state index contributed by atoms with van der Waals surface area (Å²) in [6.45, 7) is 1.60. The molecule has 0 bridgehead atoms. The molecule has 0 aliphatic heterocycles. The van der Waals surface area contributed by atoms with Gasteiger partial charge in [0.25, 0.3) is 5.56 Å². The largest absolute Gasteiger partial charge is 0.465 e. The molecule has 8 nitrogen and oxygen atoms in total. The molecule has 0 radical (unpaired) electrons. The monoisotopic (exact) mass is 331 g/mol. The number of rotatable bonds is 5. The van der Waals surface area contributed by atoms with Crippen LogP contribution < -0.4 is 16.6 Å². The molecule has 0 aliphatic carbocycles. The fourth-order valence-corrected chi connectivity index (χ4v) is 2.02. The van der Waals surface area contributed by atoms with Crippen LogP contribution in [0.3, 0.4) is 0 Å². The van der Waals surface area contributed by atoms with E-state index in [1.807, 2.05) is 0 Å². The maximum atomic E-state index is 11.9. The highest BCUT2D eigenvalue weighted by Crippen LogP contribution is 2.05. The van der Waals surface area contributed by atoms with Crippen molar-refractivity contribution in [2.45, 2.75) is 20.0 Å². The molecule has 2 aromatic rings. The van der Waals surface area contributed by atoms with Crippen LogP contribution in [0.1, 0.15) is 21.5 Å². The van der Waals surface area contributed by atoms with Crippen LogP contribution in [-0.2, 0) is 22.6 Å². The molecule has 0 saturated heterocycles. The Hall–Kier alpha value is -3.16. The number of ether oxygens (including phenoxy) is 1. The summed E-state index contributed by atoms with van der Waals surface area (Å²) in [5.41, 5.74) is 0.454. The average Bonchev–Trinajstić information content (AvgIpc) is 2.57. The normalized spacial score (nSPS) is 10.2. The Morgan fingerprint density at radius 3 is 2.50 bits per heavy atom. The van der Waals surface area contributed by atoms with Crippen LogP contribution in [0.2, 0.25) is 0 Å². The van der Waals surface area contributed by atoms with E-state index in [0.717, 1.165) is 10.1 Å². The fraction of sp³-hybridized carbons (Fsp3) is 0.250. The van der Waals surface area contributed by atoms with Crippen LogP contribution >= 0.6 is 0 Å².